The number of nitrogens with zero attached hydrogens (tertiary/aromatic N) is 4. The highest BCUT2D eigenvalue weighted by atomic mass is 32.2. The summed E-state index contributed by atoms with van der Waals surface area (Å²) in [5.74, 6) is 0.434. The molecule has 166 valence electrons. The molecule has 1 N–H and O–H groups in total. The number of hydrogen-bond donors (Lipinski definition) is 1. The van der Waals surface area contributed by atoms with Gasteiger partial charge in [-0.15, -0.1) is 10.2 Å². The summed E-state index contributed by atoms with van der Waals surface area (Å²) in [6, 6.07) is 21.6. The number of amides is 1. The van der Waals surface area contributed by atoms with Gasteiger partial charge in [-0.3, -0.25) is 19.5 Å². The molecule has 0 unspecified atom stereocenters. The first-order chi connectivity index (χ1) is 15.9. The third-order valence-corrected chi connectivity index (χ3v) is 5.89. The van der Waals surface area contributed by atoms with Crippen LogP contribution in [0.4, 0.5) is 11.4 Å². The summed E-state index contributed by atoms with van der Waals surface area (Å²) in [6.07, 6.45) is 0. The van der Waals surface area contributed by atoms with Crippen LogP contribution < -0.4 is 5.32 Å². The summed E-state index contributed by atoms with van der Waals surface area (Å²) in [5, 5.41) is 23.3. The van der Waals surface area contributed by atoms with E-state index in [2.05, 4.69) is 15.5 Å². The van der Waals surface area contributed by atoms with Crippen LogP contribution >= 0.6 is 11.8 Å². The zero-order valence-electron chi connectivity index (χ0n) is 18.1. The van der Waals surface area contributed by atoms with Crippen molar-refractivity contribution in [2.24, 2.45) is 0 Å². The van der Waals surface area contributed by atoms with Crippen LogP contribution in [-0.2, 0) is 4.79 Å². The molecule has 0 spiro atoms. The van der Waals surface area contributed by atoms with Gasteiger partial charge in [0.25, 0.3) is 5.69 Å². The van der Waals surface area contributed by atoms with Crippen molar-refractivity contribution in [2.45, 2.75) is 19.0 Å². The summed E-state index contributed by atoms with van der Waals surface area (Å²) in [7, 11) is 0. The summed E-state index contributed by atoms with van der Waals surface area (Å²) < 4.78 is 1.80. The molecule has 0 radical (unpaired) electrons. The molecular formula is C24H21N5O3S. The molecule has 1 heterocycles. The van der Waals surface area contributed by atoms with Crippen LogP contribution in [-0.4, -0.2) is 31.3 Å². The Kier molecular flexibility index (Phi) is 6.50. The molecule has 0 fully saturated rings. The average Bonchev–Trinajstić information content (AvgIpc) is 3.25. The van der Waals surface area contributed by atoms with Gasteiger partial charge in [0.05, 0.1) is 10.7 Å². The van der Waals surface area contributed by atoms with Gasteiger partial charge in [0.1, 0.15) is 0 Å². The Labute approximate surface area is 194 Å². The number of carbonyl (C=O) groups is 1. The van der Waals surface area contributed by atoms with E-state index in [4.69, 9.17) is 0 Å². The average molecular weight is 460 g/mol. The van der Waals surface area contributed by atoms with Crippen LogP contribution in [0.3, 0.4) is 0 Å². The molecule has 0 aliphatic rings. The number of hydrogen-bond acceptors (Lipinski definition) is 6. The van der Waals surface area contributed by atoms with Gasteiger partial charge in [0.15, 0.2) is 11.0 Å². The predicted molar refractivity (Wildman–Crippen MR) is 129 cm³/mol. The van der Waals surface area contributed by atoms with Gasteiger partial charge in [0.2, 0.25) is 5.91 Å². The number of non-ortho nitro benzene ring substituents is 1. The van der Waals surface area contributed by atoms with Gasteiger partial charge in [-0.1, -0.05) is 54.2 Å². The highest BCUT2D eigenvalue weighted by Crippen LogP contribution is 2.30. The lowest BCUT2D eigenvalue weighted by Gasteiger charge is -2.11. The Morgan fingerprint density at radius 3 is 2.58 bits per heavy atom. The van der Waals surface area contributed by atoms with Gasteiger partial charge in [0, 0.05) is 29.1 Å². The molecule has 0 saturated carbocycles. The maximum absolute atomic E-state index is 12.6. The van der Waals surface area contributed by atoms with Gasteiger partial charge < -0.3 is 5.32 Å². The minimum atomic E-state index is -0.444. The monoisotopic (exact) mass is 459 g/mol. The third-order valence-electron chi connectivity index (χ3n) is 4.96. The van der Waals surface area contributed by atoms with Gasteiger partial charge in [-0.25, -0.2) is 0 Å². The van der Waals surface area contributed by atoms with Crippen molar-refractivity contribution in [3.63, 3.8) is 0 Å². The first kappa shape index (κ1) is 22.2. The number of aromatic nitrogens is 3. The number of nitro groups is 1. The smallest absolute Gasteiger partial charge is 0.270 e. The van der Waals surface area contributed by atoms with E-state index in [1.54, 1.807) is 16.7 Å². The van der Waals surface area contributed by atoms with Crippen molar-refractivity contribution >= 4 is 29.0 Å². The Balaban J connectivity index is 1.62. The third kappa shape index (κ3) is 5.09. The molecule has 4 aromatic rings. The molecule has 0 aliphatic heterocycles. The molecule has 4 rings (SSSR count). The van der Waals surface area contributed by atoms with Crippen molar-refractivity contribution in [2.75, 3.05) is 11.1 Å². The molecule has 1 amide bonds. The largest absolute Gasteiger partial charge is 0.325 e. The van der Waals surface area contributed by atoms with E-state index >= 15 is 0 Å². The Bertz CT molecular complexity index is 1320. The van der Waals surface area contributed by atoms with E-state index in [1.165, 1.54) is 23.9 Å². The van der Waals surface area contributed by atoms with Crippen LogP contribution in [0.25, 0.3) is 17.1 Å². The van der Waals surface area contributed by atoms with Crippen molar-refractivity contribution in [1.82, 2.24) is 14.8 Å². The van der Waals surface area contributed by atoms with Crippen molar-refractivity contribution in [3.05, 3.63) is 94.0 Å². The summed E-state index contributed by atoms with van der Waals surface area (Å²) in [6.45, 7) is 3.92. The number of benzene rings is 3. The normalized spacial score (nSPS) is 10.7. The molecule has 3 aromatic carbocycles. The summed E-state index contributed by atoms with van der Waals surface area (Å²) in [4.78, 5) is 23.4. The molecular weight excluding hydrogens is 438 g/mol. The van der Waals surface area contributed by atoms with E-state index in [9.17, 15) is 14.9 Å². The number of thioether (sulfide) groups is 1. The van der Waals surface area contributed by atoms with E-state index in [0.29, 0.717) is 16.5 Å². The standard InChI is InChI=1S/C24H21N5O3S/c1-16-11-12-17(2)21(13-16)25-22(30)15-33-24-27-26-23(28(24)19-8-4-3-5-9-19)18-7-6-10-20(14-18)29(31)32/h3-14H,15H2,1-2H3,(H,25,30). The summed E-state index contributed by atoms with van der Waals surface area (Å²) >= 11 is 1.25. The SMILES string of the molecule is Cc1ccc(C)c(NC(=O)CSc2nnc(-c3cccc([N+](=O)[O-])c3)n2-c2ccccc2)c1. The van der Waals surface area contributed by atoms with Crippen molar-refractivity contribution in [1.29, 1.82) is 0 Å². The molecule has 0 atom stereocenters. The van der Waals surface area contributed by atoms with E-state index in [-0.39, 0.29) is 17.3 Å². The lowest BCUT2D eigenvalue weighted by Crippen LogP contribution is -2.15. The molecule has 0 saturated heterocycles. The quantitative estimate of drug-likeness (QED) is 0.232. The Morgan fingerprint density at radius 1 is 1.03 bits per heavy atom. The fourth-order valence-corrected chi connectivity index (χ4v) is 4.06. The van der Waals surface area contributed by atoms with Gasteiger partial charge in [-0.05, 0) is 43.2 Å². The minimum absolute atomic E-state index is 0.0304. The van der Waals surface area contributed by atoms with Gasteiger partial charge in [-0.2, -0.15) is 0 Å². The van der Waals surface area contributed by atoms with Crippen molar-refractivity contribution in [3.8, 4) is 17.1 Å². The number of nitro benzene ring substituents is 1. The number of anilines is 1. The predicted octanol–water partition coefficient (Wildman–Crippen LogP) is 5.19. The highest BCUT2D eigenvalue weighted by Gasteiger charge is 2.19. The fraction of sp³-hybridized carbons (Fsp3) is 0.125. The lowest BCUT2D eigenvalue weighted by atomic mass is 10.1. The number of carbonyl (C=O) groups excluding carboxylic acids is 1. The molecule has 1 aromatic heterocycles. The molecule has 9 heteroatoms. The molecule has 0 bridgehead atoms. The maximum Gasteiger partial charge on any atom is 0.270 e. The van der Waals surface area contributed by atoms with Crippen LogP contribution in [0.15, 0.2) is 78.0 Å². The number of aryl methyl sites for hydroxylation is 2. The second-order valence-corrected chi connectivity index (χ2v) is 8.38. The molecule has 33 heavy (non-hydrogen) atoms. The zero-order valence-corrected chi connectivity index (χ0v) is 18.9. The lowest BCUT2D eigenvalue weighted by molar-refractivity contribution is -0.384. The maximum atomic E-state index is 12.6. The van der Waals surface area contributed by atoms with E-state index in [0.717, 1.165) is 22.5 Å². The second-order valence-electron chi connectivity index (χ2n) is 7.44. The molecule has 0 aliphatic carbocycles. The Morgan fingerprint density at radius 2 is 1.82 bits per heavy atom. The van der Waals surface area contributed by atoms with Crippen molar-refractivity contribution < 1.29 is 9.72 Å². The van der Waals surface area contributed by atoms with Crippen LogP contribution in [0, 0.1) is 24.0 Å². The first-order valence-electron chi connectivity index (χ1n) is 10.2. The highest BCUT2D eigenvalue weighted by molar-refractivity contribution is 7.99. The fourth-order valence-electron chi connectivity index (χ4n) is 3.31. The minimum Gasteiger partial charge on any atom is -0.325 e. The number of rotatable bonds is 7. The number of nitrogens with one attached hydrogen (secondary N) is 1. The molecule has 8 nitrogen and oxygen atoms in total. The van der Waals surface area contributed by atoms with Crippen LogP contribution in [0.1, 0.15) is 11.1 Å². The topological polar surface area (TPSA) is 103 Å². The summed E-state index contributed by atoms with van der Waals surface area (Å²) in [5.41, 5.74) is 4.15. The van der Waals surface area contributed by atoms with Gasteiger partial charge >= 0.3 is 0 Å². The van der Waals surface area contributed by atoms with Crippen LogP contribution in [0.5, 0.6) is 0 Å². The number of para-hydroxylation sites is 1. The van der Waals surface area contributed by atoms with Crippen LogP contribution in [0.2, 0.25) is 0 Å². The van der Waals surface area contributed by atoms with E-state index < -0.39 is 4.92 Å². The first-order valence-corrected chi connectivity index (χ1v) is 11.2. The zero-order chi connectivity index (χ0) is 23.4. The van der Waals surface area contributed by atoms with E-state index in [1.807, 2.05) is 62.4 Å². The Hall–Kier alpha value is -3.98. The second kappa shape index (κ2) is 9.66.